The van der Waals surface area contributed by atoms with Crippen LogP contribution in [0.25, 0.3) is 0 Å². The maximum Gasteiger partial charge on any atom is 0.108 e. The third-order valence-electron chi connectivity index (χ3n) is 4.59. The van der Waals surface area contributed by atoms with Crippen LogP contribution in [-0.2, 0) is 11.8 Å². The molecule has 0 spiro atoms. The summed E-state index contributed by atoms with van der Waals surface area (Å²) in [6, 6.07) is 17.8. The molecule has 0 fully saturated rings. The van der Waals surface area contributed by atoms with Gasteiger partial charge in [0.15, 0.2) is 0 Å². The summed E-state index contributed by atoms with van der Waals surface area (Å²) in [4.78, 5) is 0. The molecule has 2 heteroatoms. The number of rotatable bonds is 2. The number of aliphatic hydroxyl groups is 2. The van der Waals surface area contributed by atoms with Gasteiger partial charge in [-0.15, -0.1) is 0 Å². The SMILES string of the molecule is CC1(C)C[C@](O)(Cc2ccccc2)[C@@H](O)c2ccccc21. The third kappa shape index (κ3) is 2.50. The van der Waals surface area contributed by atoms with Crippen molar-refractivity contribution in [1.82, 2.24) is 0 Å². The molecule has 1 aliphatic carbocycles. The summed E-state index contributed by atoms with van der Waals surface area (Å²) in [5.74, 6) is 0. The second kappa shape index (κ2) is 4.97. The van der Waals surface area contributed by atoms with Crippen molar-refractivity contribution in [3.8, 4) is 0 Å². The smallest absolute Gasteiger partial charge is 0.108 e. The van der Waals surface area contributed by atoms with Crippen LogP contribution in [0.4, 0.5) is 0 Å². The molecule has 2 aromatic rings. The van der Waals surface area contributed by atoms with Crippen molar-refractivity contribution >= 4 is 0 Å². The van der Waals surface area contributed by atoms with E-state index in [1.165, 1.54) is 0 Å². The summed E-state index contributed by atoms with van der Waals surface area (Å²) in [6.07, 6.45) is 0.168. The number of aliphatic hydroxyl groups excluding tert-OH is 1. The number of fused-ring (bicyclic) bond motifs is 1. The summed E-state index contributed by atoms with van der Waals surface area (Å²) < 4.78 is 0. The molecule has 110 valence electrons. The van der Waals surface area contributed by atoms with Gasteiger partial charge < -0.3 is 10.2 Å². The Morgan fingerprint density at radius 1 is 1.00 bits per heavy atom. The predicted octanol–water partition coefficient (Wildman–Crippen LogP) is 3.38. The van der Waals surface area contributed by atoms with Crippen molar-refractivity contribution in [2.24, 2.45) is 0 Å². The molecular formula is C19H22O2. The molecule has 1 aliphatic rings. The highest BCUT2D eigenvalue weighted by Crippen LogP contribution is 2.48. The quantitative estimate of drug-likeness (QED) is 0.886. The van der Waals surface area contributed by atoms with Crippen LogP contribution < -0.4 is 0 Å². The number of hydrogen-bond donors (Lipinski definition) is 2. The average molecular weight is 282 g/mol. The van der Waals surface area contributed by atoms with E-state index in [2.05, 4.69) is 19.9 Å². The van der Waals surface area contributed by atoms with Gasteiger partial charge in [-0.25, -0.2) is 0 Å². The molecule has 2 aromatic carbocycles. The fourth-order valence-corrected chi connectivity index (χ4v) is 3.71. The van der Waals surface area contributed by atoms with Gasteiger partial charge in [-0.05, 0) is 28.5 Å². The van der Waals surface area contributed by atoms with E-state index in [1.54, 1.807) is 0 Å². The molecule has 21 heavy (non-hydrogen) atoms. The molecule has 0 heterocycles. The fraction of sp³-hybridized carbons (Fsp3) is 0.368. The van der Waals surface area contributed by atoms with Gasteiger partial charge in [-0.2, -0.15) is 0 Å². The largest absolute Gasteiger partial charge is 0.386 e. The average Bonchev–Trinajstić information content (AvgIpc) is 2.46. The maximum atomic E-state index is 11.1. The van der Waals surface area contributed by atoms with Crippen LogP contribution in [0.3, 0.4) is 0 Å². The van der Waals surface area contributed by atoms with Gasteiger partial charge in [0.05, 0.1) is 5.60 Å². The minimum Gasteiger partial charge on any atom is -0.386 e. The van der Waals surface area contributed by atoms with Crippen molar-refractivity contribution in [3.63, 3.8) is 0 Å². The Bertz CT molecular complexity index is 633. The van der Waals surface area contributed by atoms with Crippen LogP contribution in [0.5, 0.6) is 0 Å². The first-order valence-corrected chi connectivity index (χ1v) is 7.46. The van der Waals surface area contributed by atoms with Crippen LogP contribution in [-0.4, -0.2) is 15.8 Å². The lowest BCUT2D eigenvalue weighted by molar-refractivity contribution is -0.102. The van der Waals surface area contributed by atoms with Gasteiger partial charge in [-0.1, -0.05) is 68.4 Å². The predicted molar refractivity (Wildman–Crippen MR) is 84.1 cm³/mol. The molecule has 0 bridgehead atoms. The molecular weight excluding hydrogens is 260 g/mol. The molecule has 0 saturated carbocycles. The van der Waals surface area contributed by atoms with E-state index in [0.29, 0.717) is 12.8 Å². The first-order chi connectivity index (χ1) is 9.92. The minimum absolute atomic E-state index is 0.153. The molecule has 2 N–H and O–H groups in total. The van der Waals surface area contributed by atoms with E-state index in [0.717, 1.165) is 16.7 Å². The molecule has 0 amide bonds. The van der Waals surface area contributed by atoms with Crippen molar-refractivity contribution in [2.45, 2.75) is 43.8 Å². The molecule has 0 saturated heterocycles. The topological polar surface area (TPSA) is 40.5 Å². The Morgan fingerprint density at radius 3 is 2.33 bits per heavy atom. The Balaban J connectivity index is 2.01. The highest BCUT2D eigenvalue weighted by atomic mass is 16.3. The summed E-state index contributed by atoms with van der Waals surface area (Å²) in [7, 11) is 0. The summed E-state index contributed by atoms with van der Waals surface area (Å²) in [5, 5.41) is 21.8. The first kappa shape index (κ1) is 14.3. The van der Waals surface area contributed by atoms with Crippen molar-refractivity contribution in [3.05, 3.63) is 71.3 Å². The minimum atomic E-state index is -1.13. The van der Waals surface area contributed by atoms with Crippen molar-refractivity contribution in [2.75, 3.05) is 0 Å². The van der Waals surface area contributed by atoms with Gasteiger partial charge in [0.25, 0.3) is 0 Å². The molecule has 2 atom stereocenters. The van der Waals surface area contributed by atoms with E-state index >= 15 is 0 Å². The summed E-state index contributed by atoms with van der Waals surface area (Å²) >= 11 is 0. The Hall–Kier alpha value is -1.64. The molecule has 0 unspecified atom stereocenters. The lowest BCUT2D eigenvalue weighted by Gasteiger charge is -2.46. The van der Waals surface area contributed by atoms with E-state index in [1.807, 2.05) is 48.5 Å². The fourth-order valence-electron chi connectivity index (χ4n) is 3.71. The molecule has 2 nitrogen and oxygen atoms in total. The van der Waals surface area contributed by atoms with E-state index in [4.69, 9.17) is 0 Å². The highest BCUT2D eigenvalue weighted by Gasteiger charge is 2.47. The van der Waals surface area contributed by atoms with Gasteiger partial charge in [0.1, 0.15) is 6.10 Å². The molecule has 3 rings (SSSR count). The standard InChI is InChI=1S/C19H22O2/c1-18(2)13-19(21,12-14-8-4-3-5-9-14)17(20)15-10-6-7-11-16(15)18/h3-11,17,20-21H,12-13H2,1-2H3/t17-,19+/m0/s1. The maximum absolute atomic E-state index is 11.1. The van der Waals surface area contributed by atoms with Crippen LogP contribution in [0.15, 0.2) is 54.6 Å². The number of hydrogen-bond acceptors (Lipinski definition) is 2. The monoisotopic (exact) mass is 282 g/mol. The lowest BCUT2D eigenvalue weighted by Crippen LogP contribution is -2.48. The summed E-state index contributed by atoms with van der Waals surface area (Å²) in [5.41, 5.74) is 1.76. The van der Waals surface area contributed by atoms with E-state index < -0.39 is 11.7 Å². The first-order valence-electron chi connectivity index (χ1n) is 7.46. The highest BCUT2D eigenvalue weighted by molar-refractivity contribution is 5.40. The Kier molecular flexibility index (Phi) is 3.39. The Labute approximate surface area is 126 Å². The summed E-state index contributed by atoms with van der Waals surface area (Å²) in [6.45, 7) is 4.27. The van der Waals surface area contributed by atoms with Gasteiger partial charge in [0, 0.05) is 6.42 Å². The van der Waals surface area contributed by atoms with Crippen molar-refractivity contribution < 1.29 is 10.2 Å². The molecule has 0 aliphatic heterocycles. The normalized spacial score (nSPS) is 27.1. The second-order valence-corrected chi connectivity index (χ2v) is 6.82. The zero-order valence-corrected chi connectivity index (χ0v) is 12.6. The van der Waals surface area contributed by atoms with Crippen LogP contribution in [0.2, 0.25) is 0 Å². The zero-order valence-electron chi connectivity index (χ0n) is 12.6. The lowest BCUT2D eigenvalue weighted by atomic mass is 9.63. The zero-order chi connectivity index (χ0) is 15.1. The van der Waals surface area contributed by atoms with Crippen LogP contribution in [0.1, 0.15) is 43.1 Å². The van der Waals surface area contributed by atoms with Gasteiger partial charge in [0.2, 0.25) is 0 Å². The van der Waals surface area contributed by atoms with Gasteiger partial charge >= 0.3 is 0 Å². The van der Waals surface area contributed by atoms with E-state index in [9.17, 15) is 10.2 Å². The molecule has 0 aromatic heterocycles. The van der Waals surface area contributed by atoms with Crippen LogP contribution >= 0.6 is 0 Å². The van der Waals surface area contributed by atoms with Crippen molar-refractivity contribution in [1.29, 1.82) is 0 Å². The second-order valence-electron chi connectivity index (χ2n) is 6.82. The van der Waals surface area contributed by atoms with Crippen LogP contribution in [0, 0.1) is 0 Å². The third-order valence-corrected chi connectivity index (χ3v) is 4.59. The number of benzene rings is 2. The molecule has 0 radical (unpaired) electrons. The Morgan fingerprint density at radius 2 is 1.62 bits per heavy atom. The van der Waals surface area contributed by atoms with E-state index in [-0.39, 0.29) is 5.41 Å². The van der Waals surface area contributed by atoms with Gasteiger partial charge in [-0.3, -0.25) is 0 Å².